The van der Waals surface area contributed by atoms with Crippen molar-refractivity contribution < 1.29 is 23.8 Å². The molecule has 5 rings (SSSR count). The quantitative estimate of drug-likeness (QED) is 0.560. The summed E-state index contributed by atoms with van der Waals surface area (Å²) >= 11 is 1.35. The van der Waals surface area contributed by atoms with Gasteiger partial charge in [0.15, 0.2) is 11.5 Å². The van der Waals surface area contributed by atoms with Crippen molar-refractivity contribution in [3.8, 4) is 16.5 Å². The van der Waals surface area contributed by atoms with Crippen molar-refractivity contribution in [3.05, 3.63) is 41.3 Å². The third kappa shape index (κ3) is 5.16. The molecule has 3 aromatic rings. The average Bonchev–Trinajstić information content (AvgIpc) is 3.52. The van der Waals surface area contributed by atoms with Crippen LogP contribution < -0.4 is 10.1 Å². The predicted molar refractivity (Wildman–Crippen MR) is 124 cm³/mol. The van der Waals surface area contributed by atoms with Crippen LogP contribution in [0.1, 0.15) is 52.7 Å². The van der Waals surface area contributed by atoms with Crippen LogP contribution in [0.4, 0.5) is 5.69 Å². The van der Waals surface area contributed by atoms with Crippen molar-refractivity contribution in [1.82, 2.24) is 19.7 Å². The molecule has 1 fully saturated rings. The molecule has 10 nitrogen and oxygen atoms in total. The van der Waals surface area contributed by atoms with Gasteiger partial charge in [0.1, 0.15) is 17.3 Å². The molecule has 3 aromatic heterocycles. The van der Waals surface area contributed by atoms with Gasteiger partial charge in [0, 0.05) is 55.6 Å². The number of nitrogens with one attached hydrogen (secondary N) is 1. The highest BCUT2D eigenvalue weighted by Crippen LogP contribution is 2.28. The first-order valence-electron chi connectivity index (χ1n) is 11.3. The lowest BCUT2D eigenvalue weighted by Gasteiger charge is -2.22. The van der Waals surface area contributed by atoms with E-state index in [2.05, 4.69) is 20.4 Å². The number of nitrogens with zero attached hydrogens (tertiary/aromatic N) is 4. The Kier molecular flexibility index (Phi) is 6.93. The molecule has 1 amide bonds. The fourth-order valence-corrected chi connectivity index (χ4v) is 4.70. The molecule has 0 aromatic carbocycles. The van der Waals surface area contributed by atoms with Gasteiger partial charge >= 0.3 is 0 Å². The van der Waals surface area contributed by atoms with Crippen LogP contribution in [-0.2, 0) is 9.47 Å². The van der Waals surface area contributed by atoms with Gasteiger partial charge < -0.3 is 19.5 Å². The van der Waals surface area contributed by atoms with E-state index in [1.165, 1.54) is 11.3 Å². The van der Waals surface area contributed by atoms with Gasteiger partial charge in [0.25, 0.3) is 5.91 Å². The van der Waals surface area contributed by atoms with E-state index in [0.29, 0.717) is 56.0 Å². The van der Waals surface area contributed by atoms with Gasteiger partial charge in [-0.05, 0) is 25.3 Å². The largest absolute Gasteiger partial charge is 0.475 e. The van der Waals surface area contributed by atoms with Crippen molar-refractivity contribution in [1.29, 1.82) is 0 Å². The zero-order valence-corrected chi connectivity index (χ0v) is 19.4. The summed E-state index contributed by atoms with van der Waals surface area (Å²) in [5.41, 5.74) is 1.74. The molecule has 0 atom stereocenters. The highest BCUT2D eigenvalue weighted by Gasteiger charge is 2.24. The van der Waals surface area contributed by atoms with E-state index in [-0.39, 0.29) is 29.6 Å². The molecule has 1 saturated heterocycles. The highest BCUT2D eigenvalue weighted by molar-refractivity contribution is 7.13. The lowest BCUT2D eigenvalue weighted by atomic mass is 10.1. The first-order chi connectivity index (χ1) is 16.7. The van der Waals surface area contributed by atoms with Gasteiger partial charge in [-0.2, -0.15) is 5.10 Å². The Morgan fingerprint density at radius 2 is 1.94 bits per heavy atom. The second kappa shape index (κ2) is 10.4. The van der Waals surface area contributed by atoms with E-state index in [1.807, 2.05) is 6.07 Å². The number of anilines is 1. The van der Waals surface area contributed by atoms with Crippen molar-refractivity contribution >= 4 is 28.7 Å². The Balaban J connectivity index is 1.44. The summed E-state index contributed by atoms with van der Waals surface area (Å²) in [6.07, 6.45) is 5.81. The van der Waals surface area contributed by atoms with Crippen LogP contribution in [0.5, 0.6) is 5.88 Å². The summed E-state index contributed by atoms with van der Waals surface area (Å²) in [6, 6.07) is 3.73. The number of thiazole rings is 1. The normalized spacial score (nSPS) is 18.4. The third-order valence-electron chi connectivity index (χ3n) is 5.70. The van der Waals surface area contributed by atoms with Crippen molar-refractivity contribution in [2.75, 3.05) is 38.4 Å². The number of fused-ring (bicyclic) bond motifs is 6. The summed E-state index contributed by atoms with van der Waals surface area (Å²) in [7, 11) is 0. The smallest absolute Gasteiger partial charge is 0.275 e. The molecular weight excluding hydrogens is 458 g/mol. The molecule has 0 spiro atoms. The fourth-order valence-electron chi connectivity index (χ4n) is 3.90. The summed E-state index contributed by atoms with van der Waals surface area (Å²) in [6.45, 7) is 2.45. The van der Waals surface area contributed by atoms with E-state index >= 15 is 0 Å². The monoisotopic (exact) mass is 483 g/mol. The number of hydrogen-bond donors (Lipinski definition) is 1. The van der Waals surface area contributed by atoms with Crippen molar-refractivity contribution in [3.63, 3.8) is 0 Å². The SMILES string of the molecule is O=C1Nc2cn(C3CCOCC3)nc2C(=O)CCCOCCOc2cc(ccn2)-c2nc1cs2. The van der Waals surface area contributed by atoms with Crippen molar-refractivity contribution in [2.24, 2.45) is 0 Å². The highest BCUT2D eigenvalue weighted by atomic mass is 32.1. The zero-order chi connectivity index (χ0) is 23.3. The van der Waals surface area contributed by atoms with Gasteiger partial charge in [-0.25, -0.2) is 9.97 Å². The summed E-state index contributed by atoms with van der Waals surface area (Å²) < 4.78 is 18.5. The number of Topliss-reactive ketones (excluding diaryl/α,β-unsaturated/α-hetero) is 1. The van der Waals surface area contributed by atoms with E-state index < -0.39 is 5.91 Å². The van der Waals surface area contributed by atoms with Gasteiger partial charge in [0.05, 0.1) is 18.3 Å². The van der Waals surface area contributed by atoms with E-state index in [4.69, 9.17) is 14.2 Å². The van der Waals surface area contributed by atoms with Crippen LogP contribution >= 0.6 is 11.3 Å². The molecule has 0 radical (unpaired) electrons. The zero-order valence-electron chi connectivity index (χ0n) is 18.6. The number of hydrogen-bond acceptors (Lipinski definition) is 9. The van der Waals surface area contributed by atoms with Gasteiger partial charge in [0.2, 0.25) is 5.88 Å². The minimum Gasteiger partial charge on any atom is -0.475 e. The predicted octanol–water partition coefficient (Wildman–Crippen LogP) is 3.38. The van der Waals surface area contributed by atoms with Crippen LogP contribution in [0.3, 0.4) is 0 Å². The number of pyridine rings is 1. The first-order valence-corrected chi connectivity index (χ1v) is 12.2. The minimum atomic E-state index is -0.391. The number of rotatable bonds is 1. The van der Waals surface area contributed by atoms with E-state index in [1.54, 1.807) is 28.5 Å². The lowest BCUT2D eigenvalue weighted by Crippen LogP contribution is -2.20. The number of ketones is 1. The van der Waals surface area contributed by atoms with Crippen LogP contribution in [-0.4, -0.2) is 64.5 Å². The Morgan fingerprint density at radius 1 is 1.09 bits per heavy atom. The Morgan fingerprint density at radius 3 is 2.82 bits per heavy atom. The van der Waals surface area contributed by atoms with Gasteiger partial charge in [-0.1, -0.05) is 0 Å². The average molecular weight is 484 g/mol. The second-order valence-electron chi connectivity index (χ2n) is 8.08. The second-order valence-corrected chi connectivity index (χ2v) is 8.94. The fraction of sp³-hybridized carbons (Fsp3) is 0.435. The molecule has 178 valence electrons. The molecule has 0 unspecified atom stereocenters. The molecule has 2 aliphatic heterocycles. The molecule has 34 heavy (non-hydrogen) atoms. The molecular formula is C23H25N5O5S. The van der Waals surface area contributed by atoms with Crippen LogP contribution in [0.25, 0.3) is 10.6 Å². The molecule has 1 N–H and O–H groups in total. The van der Waals surface area contributed by atoms with Crippen LogP contribution in [0.2, 0.25) is 0 Å². The number of ether oxygens (including phenoxy) is 3. The summed E-state index contributed by atoms with van der Waals surface area (Å²) in [5, 5.41) is 9.79. The Labute approximate surface area is 200 Å². The number of carbonyl (C=O) groups is 2. The molecule has 2 aliphatic rings. The molecule has 5 heterocycles. The maximum absolute atomic E-state index is 13.0. The lowest BCUT2D eigenvalue weighted by molar-refractivity contribution is 0.0660. The molecule has 0 saturated carbocycles. The van der Waals surface area contributed by atoms with Gasteiger partial charge in [-0.15, -0.1) is 11.3 Å². The molecule has 0 aliphatic carbocycles. The number of aromatic nitrogens is 4. The first kappa shape index (κ1) is 22.6. The maximum Gasteiger partial charge on any atom is 0.275 e. The minimum absolute atomic E-state index is 0.127. The summed E-state index contributed by atoms with van der Waals surface area (Å²) in [5.74, 6) is -0.0676. The van der Waals surface area contributed by atoms with Crippen LogP contribution in [0.15, 0.2) is 29.9 Å². The van der Waals surface area contributed by atoms with Crippen LogP contribution in [0, 0.1) is 0 Å². The third-order valence-corrected chi connectivity index (χ3v) is 6.59. The van der Waals surface area contributed by atoms with Crippen molar-refractivity contribution in [2.45, 2.75) is 31.7 Å². The van der Waals surface area contributed by atoms with Gasteiger partial charge in [-0.3, -0.25) is 14.3 Å². The van der Waals surface area contributed by atoms with E-state index in [9.17, 15) is 9.59 Å². The van der Waals surface area contributed by atoms with E-state index in [0.717, 1.165) is 18.4 Å². The Bertz CT molecular complexity index is 1170. The Hall–Kier alpha value is -3.15. The number of amides is 1. The maximum atomic E-state index is 13.0. The number of carbonyl (C=O) groups excluding carboxylic acids is 2. The molecule has 4 bridgehead atoms. The summed E-state index contributed by atoms with van der Waals surface area (Å²) in [4.78, 5) is 34.7. The molecule has 11 heteroatoms. The topological polar surface area (TPSA) is 117 Å². The standard InChI is InChI=1S/C23H25N5O5S/c29-19-2-1-7-31-10-11-33-20-12-15(3-6-24-20)23-26-18(14-34-23)22(30)25-17-13-28(27-21(17)19)16-4-8-32-9-5-16/h3,6,12-14,16H,1-2,4-5,7-11H2,(H,25,30).